The number of carbonyl (C=O) groups excluding carboxylic acids is 1. The van der Waals surface area contributed by atoms with Gasteiger partial charge in [0.15, 0.2) is 0 Å². The zero-order valence-electron chi connectivity index (χ0n) is 24.3. The summed E-state index contributed by atoms with van der Waals surface area (Å²) < 4.78 is 18.6. The van der Waals surface area contributed by atoms with Crippen LogP contribution in [-0.2, 0) is 14.0 Å². The third kappa shape index (κ3) is 4.50. The van der Waals surface area contributed by atoms with Crippen molar-refractivity contribution in [1.29, 1.82) is 0 Å². The molecule has 1 amide bonds. The number of nitrogens with zero attached hydrogens (tertiary/aromatic N) is 2. The summed E-state index contributed by atoms with van der Waals surface area (Å²) in [6.07, 6.45) is 9.60. The van der Waals surface area contributed by atoms with Crippen molar-refractivity contribution in [2.45, 2.75) is 82.6 Å². The SMILES string of the molecule is CC1(C)OB(c2cncc(C3=CC4CCCC(C3)N4C(=O)OCC3c4ccccc4-c4ccccc43)c2)OC1(C)C. The lowest BCUT2D eigenvalue weighted by molar-refractivity contribution is 0.00578. The van der Waals surface area contributed by atoms with Gasteiger partial charge in [0.25, 0.3) is 0 Å². The van der Waals surface area contributed by atoms with Crippen LogP contribution in [0.3, 0.4) is 0 Å². The van der Waals surface area contributed by atoms with Crippen molar-refractivity contribution < 1.29 is 18.8 Å². The summed E-state index contributed by atoms with van der Waals surface area (Å²) in [6, 6.07) is 19.2. The molecule has 0 N–H and O–H groups in total. The number of rotatable bonds is 4. The number of carbonyl (C=O) groups is 1. The van der Waals surface area contributed by atoms with Crippen molar-refractivity contribution >= 4 is 24.2 Å². The Balaban J connectivity index is 1.09. The molecule has 7 rings (SSSR count). The van der Waals surface area contributed by atoms with Crippen LogP contribution in [0.4, 0.5) is 4.79 Å². The molecule has 2 unspecified atom stereocenters. The number of benzene rings is 2. The predicted molar refractivity (Wildman–Crippen MR) is 161 cm³/mol. The number of amides is 1. The number of ether oxygens (including phenoxy) is 1. The highest BCUT2D eigenvalue weighted by Crippen LogP contribution is 2.45. The first kappa shape index (κ1) is 26.5. The maximum Gasteiger partial charge on any atom is 0.496 e. The fraction of sp³-hybridized carbons (Fsp3) is 0.412. The minimum atomic E-state index is -0.450. The highest BCUT2D eigenvalue weighted by atomic mass is 16.7. The molecule has 2 aromatic carbocycles. The van der Waals surface area contributed by atoms with E-state index in [1.54, 1.807) is 0 Å². The van der Waals surface area contributed by atoms with Gasteiger partial charge < -0.3 is 14.0 Å². The lowest BCUT2D eigenvalue weighted by Crippen LogP contribution is -2.52. The fourth-order valence-electron chi connectivity index (χ4n) is 6.94. The molecule has 6 nitrogen and oxygen atoms in total. The first-order valence-corrected chi connectivity index (χ1v) is 14.9. The highest BCUT2D eigenvalue weighted by Gasteiger charge is 2.52. The largest absolute Gasteiger partial charge is 0.496 e. The van der Waals surface area contributed by atoms with Crippen LogP contribution in [0.15, 0.2) is 73.1 Å². The molecule has 3 aliphatic heterocycles. The molecular weight excluding hydrogens is 511 g/mol. The molecule has 2 atom stereocenters. The van der Waals surface area contributed by atoms with Crippen LogP contribution in [0.1, 0.15) is 76.0 Å². The molecule has 2 bridgehead atoms. The molecule has 2 saturated heterocycles. The molecule has 3 aromatic rings. The smallest absolute Gasteiger partial charge is 0.448 e. The van der Waals surface area contributed by atoms with E-state index in [0.717, 1.165) is 36.7 Å². The summed E-state index contributed by atoms with van der Waals surface area (Å²) in [5, 5.41) is 0. The second-order valence-corrected chi connectivity index (χ2v) is 12.9. The zero-order chi connectivity index (χ0) is 28.4. The van der Waals surface area contributed by atoms with Gasteiger partial charge in [-0.3, -0.25) is 9.88 Å². The Morgan fingerprint density at radius 2 is 1.63 bits per heavy atom. The Morgan fingerprint density at radius 1 is 0.976 bits per heavy atom. The Hall–Kier alpha value is -3.42. The topological polar surface area (TPSA) is 60.9 Å². The van der Waals surface area contributed by atoms with Crippen molar-refractivity contribution in [1.82, 2.24) is 9.88 Å². The molecule has 2 fully saturated rings. The number of fused-ring (bicyclic) bond motifs is 5. The molecule has 7 heteroatoms. The summed E-state index contributed by atoms with van der Waals surface area (Å²) in [5.74, 6) is 0.0610. The van der Waals surface area contributed by atoms with E-state index < -0.39 is 18.3 Å². The minimum Gasteiger partial charge on any atom is -0.448 e. The Kier molecular flexibility index (Phi) is 6.36. The first-order valence-electron chi connectivity index (χ1n) is 14.9. The van der Waals surface area contributed by atoms with Crippen LogP contribution in [0, 0.1) is 0 Å². The monoisotopic (exact) mass is 548 g/mol. The van der Waals surface area contributed by atoms with Gasteiger partial charge in [0, 0.05) is 29.8 Å². The standard InChI is InChI=1S/C34H37BN2O4/c1-33(2)34(3,4)41-35(40-33)24-16-23(19-36-20-24)22-17-25-10-9-11-26(18-22)37(25)32(38)39-21-31-29-14-7-5-12-27(29)28-13-6-8-15-30(28)31/h5-8,12-17,19-20,25-26,31H,9-11,18,21H2,1-4H3. The van der Waals surface area contributed by atoms with Crippen molar-refractivity contribution in [2.24, 2.45) is 0 Å². The second kappa shape index (κ2) is 9.85. The zero-order valence-corrected chi connectivity index (χ0v) is 24.3. The van der Waals surface area contributed by atoms with E-state index >= 15 is 0 Å². The van der Waals surface area contributed by atoms with Gasteiger partial charge in [-0.15, -0.1) is 0 Å². The molecule has 0 radical (unpaired) electrons. The maximum atomic E-state index is 13.6. The van der Waals surface area contributed by atoms with Crippen molar-refractivity contribution in [3.05, 3.63) is 89.8 Å². The summed E-state index contributed by atoms with van der Waals surface area (Å²) in [7, 11) is -0.450. The van der Waals surface area contributed by atoms with E-state index in [1.165, 1.54) is 27.8 Å². The van der Waals surface area contributed by atoms with E-state index in [9.17, 15) is 4.79 Å². The predicted octanol–water partition coefficient (Wildman–Crippen LogP) is 6.34. The van der Waals surface area contributed by atoms with Gasteiger partial charge in [-0.1, -0.05) is 60.7 Å². The normalized spacial score (nSPS) is 24.0. The second-order valence-electron chi connectivity index (χ2n) is 12.9. The molecule has 210 valence electrons. The molecule has 0 spiro atoms. The lowest BCUT2D eigenvalue weighted by Gasteiger charge is -2.44. The third-order valence-corrected chi connectivity index (χ3v) is 9.84. The first-order chi connectivity index (χ1) is 19.7. The molecular formula is C34H37BN2O4. The van der Waals surface area contributed by atoms with Gasteiger partial charge >= 0.3 is 13.2 Å². The summed E-state index contributed by atoms with van der Waals surface area (Å²) in [4.78, 5) is 20.2. The van der Waals surface area contributed by atoms with Gasteiger partial charge in [0.2, 0.25) is 0 Å². The van der Waals surface area contributed by atoms with Crippen molar-refractivity contribution in [2.75, 3.05) is 6.61 Å². The van der Waals surface area contributed by atoms with Gasteiger partial charge in [0.05, 0.1) is 17.2 Å². The number of hydrogen-bond acceptors (Lipinski definition) is 5. The maximum absolute atomic E-state index is 13.6. The van der Waals surface area contributed by atoms with Crippen LogP contribution < -0.4 is 5.46 Å². The molecule has 4 aliphatic rings. The van der Waals surface area contributed by atoms with Crippen molar-refractivity contribution in [3.63, 3.8) is 0 Å². The molecule has 1 aliphatic carbocycles. The lowest BCUT2D eigenvalue weighted by atomic mass is 9.78. The molecule has 4 heterocycles. The van der Waals surface area contributed by atoms with Gasteiger partial charge in [0.1, 0.15) is 6.61 Å². The van der Waals surface area contributed by atoms with Crippen LogP contribution >= 0.6 is 0 Å². The quantitative estimate of drug-likeness (QED) is 0.356. The van der Waals surface area contributed by atoms with Crippen molar-refractivity contribution in [3.8, 4) is 11.1 Å². The number of aromatic nitrogens is 1. The van der Waals surface area contributed by atoms with Gasteiger partial charge in [-0.25, -0.2) is 4.79 Å². The van der Waals surface area contributed by atoms with E-state index in [2.05, 4.69) is 93.4 Å². The van der Waals surface area contributed by atoms with Crippen LogP contribution in [0.5, 0.6) is 0 Å². The van der Waals surface area contributed by atoms with Crippen LogP contribution in [0.25, 0.3) is 16.7 Å². The van der Waals surface area contributed by atoms with E-state index in [1.807, 2.05) is 17.3 Å². The number of hydrogen-bond donors (Lipinski definition) is 0. The molecule has 1 aromatic heterocycles. The Morgan fingerprint density at radius 3 is 2.29 bits per heavy atom. The average Bonchev–Trinajstić information content (AvgIpc) is 3.40. The third-order valence-electron chi connectivity index (χ3n) is 9.84. The summed E-state index contributed by atoms with van der Waals surface area (Å²) >= 11 is 0. The highest BCUT2D eigenvalue weighted by molar-refractivity contribution is 6.62. The summed E-state index contributed by atoms with van der Waals surface area (Å²) in [6.45, 7) is 8.60. The molecule has 41 heavy (non-hydrogen) atoms. The van der Waals surface area contributed by atoms with E-state index in [0.29, 0.717) is 6.61 Å². The number of piperidine rings is 1. The minimum absolute atomic E-state index is 0.0219. The van der Waals surface area contributed by atoms with Crippen LogP contribution in [0.2, 0.25) is 0 Å². The van der Waals surface area contributed by atoms with E-state index in [-0.39, 0.29) is 24.1 Å². The number of pyridine rings is 1. The van der Waals surface area contributed by atoms with E-state index in [4.69, 9.17) is 14.0 Å². The average molecular weight is 548 g/mol. The van der Waals surface area contributed by atoms with Gasteiger partial charge in [-0.2, -0.15) is 0 Å². The fourth-order valence-corrected chi connectivity index (χ4v) is 6.94. The molecule has 0 saturated carbocycles. The van der Waals surface area contributed by atoms with Gasteiger partial charge in [-0.05, 0) is 86.8 Å². The van der Waals surface area contributed by atoms with Crippen LogP contribution in [-0.4, -0.2) is 53.0 Å². The Labute approximate surface area is 242 Å². The Bertz CT molecular complexity index is 1470. The summed E-state index contributed by atoms with van der Waals surface area (Å²) in [5.41, 5.74) is 7.36.